The van der Waals surface area contributed by atoms with Gasteiger partial charge in [-0.1, -0.05) is 54.6 Å². The van der Waals surface area contributed by atoms with Crippen LogP contribution < -0.4 is 19.7 Å². The minimum Gasteiger partial charge on any atom is -0.493 e. The summed E-state index contributed by atoms with van der Waals surface area (Å²) >= 11 is 0. The van der Waals surface area contributed by atoms with E-state index in [4.69, 9.17) is 24.0 Å². The molecule has 0 bridgehead atoms. The van der Waals surface area contributed by atoms with E-state index in [1.165, 1.54) is 0 Å². The lowest BCUT2D eigenvalue weighted by molar-refractivity contribution is 0.0512. The molecule has 10 nitrogen and oxygen atoms in total. The molecule has 0 fully saturated rings. The molecule has 0 atom stereocenters. The van der Waals surface area contributed by atoms with Gasteiger partial charge < -0.3 is 33.7 Å². The number of nitrogens with zero attached hydrogens (tertiary/aromatic N) is 4. The molecule has 0 saturated heterocycles. The Kier molecular flexibility index (Phi) is 12.3. The molecule has 4 aromatic carbocycles. The van der Waals surface area contributed by atoms with Crippen molar-refractivity contribution in [2.45, 2.75) is 59.3 Å². The van der Waals surface area contributed by atoms with E-state index in [1.807, 2.05) is 62.1 Å². The van der Waals surface area contributed by atoms with E-state index in [0.29, 0.717) is 45.1 Å². The zero-order chi connectivity index (χ0) is 38.1. The normalized spacial score (nSPS) is 13.0. The Morgan fingerprint density at radius 2 is 1.75 bits per heavy atom. The molecule has 1 N–H and O–H groups in total. The SMILES string of the molecule is CCOC(=O)c1c(CCCOc2cccc3ccccc23)c2cccc3c2n1CCCCOCc1c-3c(COc2ccc(N(CC)CCNC)cc2)nn1C. The number of rotatable bonds is 15. The van der Waals surface area contributed by atoms with Crippen LogP contribution in [0.5, 0.6) is 11.5 Å². The van der Waals surface area contributed by atoms with Crippen LogP contribution in [0, 0.1) is 0 Å². The fourth-order valence-corrected chi connectivity index (χ4v) is 7.81. The van der Waals surface area contributed by atoms with E-state index in [1.54, 1.807) is 0 Å². The minimum atomic E-state index is -0.299. The van der Waals surface area contributed by atoms with Gasteiger partial charge in [0.2, 0.25) is 0 Å². The van der Waals surface area contributed by atoms with Crippen LogP contribution in [0.3, 0.4) is 0 Å². The predicted octanol–water partition coefficient (Wildman–Crippen LogP) is 8.32. The number of nitrogens with one attached hydrogen (secondary N) is 1. The summed E-state index contributed by atoms with van der Waals surface area (Å²) in [6, 6.07) is 29.1. The number of anilines is 1. The lowest BCUT2D eigenvalue weighted by atomic mass is 9.98. The molecule has 0 radical (unpaired) electrons. The fraction of sp³-hybridized carbons (Fsp3) is 0.378. The summed E-state index contributed by atoms with van der Waals surface area (Å²) in [7, 11) is 3.94. The first-order valence-corrected chi connectivity index (χ1v) is 19.7. The van der Waals surface area contributed by atoms with Crippen LogP contribution >= 0.6 is 0 Å². The molecule has 55 heavy (non-hydrogen) atoms. The summed E-state index contributed by atoms with van der Waals surface area (Å²) in [5.41, 5.74) is 7.56. The number of hydrogen-bond donors (Lipinski definition) is 1. The van der Waals surface area contributed by atoms with Crippen LogP contribution in [0.2, 0.25) is 0 Å². The smallest absolute Gasteiger partial charge is 0.355 e. The van der Waals surface area contributed by atoms with E-state index >= 15 is 0 Å². The maximum absolute atomic E-state index is 13.9. The molecule has 0 aliphatic carbocycles. The Hall–Kier alpha value is -5.32. The van der Waals surface area contributed by atoms with Crippen molar-refractivity contribution in [1.29, 1.82) is 0 Å². The highest BCUT2D eigenvalue weighted by Gasteiger charge is 2.29. The number of carbonyl (C=O) groups is 1. The number of ether oxygens (including phenoxy) is 4. The highest BCUT2D eigenvalue weighted by Crippen LogP contribution is 2.40. The van der Waals surface area contributed by atoms with Crippen LogP contribution in [0.4, 0.5) is 5.69 Å². The first-order chi connectivity index (χ1) is 27.0. The molecule has 10 heteroatoms. The number of para-hydroxylation sites is 1. The summed E-state index contributed by atoms with van der Waals surface area (Å²) in [5, 5.41) is 11.5. The van der Waals surface area contributed by atoms with E-state index in [0.717, 1.165) is 106 Å². The number of likely N-dealkylation sites (N-methyl/N-ethyl adjacent to an activating group) is 2. The first kappa shape index (κ1) is 38.0. The lowest BCUT2D eigenvalue weighted by Crippen LogP contribution is -2.30. The number of aromatic nitrogens is 3. The molecule has 288 valence electrons. The van der Waals surface area contributed by atoms with Crippen molar-refractivity contribution in [2.24, 2.45) is 7.05 Å². The van der Waals surface area contributed by atoms with Gasteiger partial charge in [-0.15, -0.1) is 0 Å². The van der Waals surface area contributed by atoms with E-state index in [-0.39, 0.29) is 12.6 Å². The predicted molar refractivity (Wildman–Crippen MR) is 219 cm³/mol. The molecule has 1 aliphatic heterocycles. The Morgan fingerprint density at radius 3 is 2.56 bits per heavy atom. The highest BCUT2D eigenvalue weighted by molar-refractivity contribution is 6.05. The van der Waals surface area contributed by atoms with Gasteiger partial charge in [-0.05, 0) is 87.9 Å². The van der Waals surface area contributed by atoms with Crippen molar-refractivity contribution in [1.82, 2.24) is 19.7 Å². The monoisotopic (exact) mass is 743 g/mol. The van der Waals surface area contributed by atoms with Crippen LogP contribution in [0.25, 0.3) is 32.8 Å². The standard InChI is InChI=1S/C45H53N5O5/c1-5-49(27-25-46-3)33-21-23-34(24-22-33)55-30-39-42-38-18-12-17-36-37(19-13-29-54-41-20-11-15-32-14-7-8-16-35(32)41)44(45(51)53-6-2)50(43(36)38)26-9-10-28-52-31-40(42)48(4)47-39/h7-8,11-12,14-18,20-24,46H,5-6,9-10,13,19,25-31H2,1-4H3. The summed E-state index contributed by atoms with van der Waals surface area (Å²) in [4.78, 5) is 16.3. The van der Waals surface area contributed by atoms with Crippen LogP contribution in [-0.2, 0) is 42.7 Å². The van der Waals surface area contributed by atoms with E-state index in [9.17, 15) is 4.79 Å². The third kappa shape index (κ3) is 8.21. The van der Waals surface area contributed by atoms with Crippen molar-refractivity contribution < 1.29 is 23.7 Å². The fourth-order valence-electron chi connectivity index (χ4n) is 7.81. The molecule has 0 spiro atoms. The zero-order valence-corrected chi connectivity index (χ0v) is 32.6. The molecule has 6 aromatic rings. The Labute approximate surface area is 323 Å². The van der Waals surface area contributed by atoms with Gasteiger partial charge in [-0.3, -0.25) is 4.68 Å². The maximum atomic E-state index is 13.9. The number of hydrogen-bond acceptors (Lipinski definition) is 8. The average molecular weight is 744 g/mol. The molecule has 0 saturated carbocycles. The van der Waals surface area contributed by atoms with Crippen LogP contribution in [-0.4, -0.2) is 66.8 Å². The van der Waals surface area contributed by atoms with Gasteiger partial charge >= 0.3 is 5.97 Å². The van der Waals surface area contributed by atoms with Crippen molar-refractivity contribution in [3.63, 3.8) is 0 Å². The van der Waals surface area contributed by atoms with Crippen molar-refractivity contribution in [3.05, 3.63) is 108 Å². The number of benzene rings is 4. The second-order valence-corrected chi connectivity index (χ2v) is 13.9. The Balaban J connectivity index is 1.24. The molecule has 0 unspecified atom stereocenters. The molecule has 1 aliphatic rings. The highest BCUT2D eigenvalue weighted by atomic mass is 16.5. The summed E-state index contributed by atoms with van der Waals surface area (Å²) in [5.74, 6) is 1.35. The largest absolute Gasteiger partial charge is 0.493 e. The minimum absolute atomic E-state index is 0.278. The van der Waals surface area contributed by atoms with Gasteiger partial charge in [-0.25, -0.2) is 4.79 Å². The number of esters is 1. The second kappa shape index (κ2) is 17.9. The molecule has 3 heterocycles. The number of carbonyl (C=O) groups excluding carboxylic acids is 1. The maximum Gasteiger partial charge on any atom is 0.355 e. The lowest BCUT2D eigenvalue weighted by Gasteiger charge is -2.23. The van der Waals surface area contributed by atoms with Gasteiger partial charge in [-0.2, -0.15) is 5.10 Å². The first-order valence-electron chi connectivity index (χ1n) is 19.7. The Morgan fingerprint density at radius 1 is 0.945 bits per heavy atom. The van der Waals surface area contributed by atoms with Crippen molar-refractivity contribution >= 4 is 33.3 Å². The summed E-state index contributed by atoms with van der Waals surface area (Å²) in [6.45, 7) is 9.59. The summed E-state index contributed by atoms with van der Waals surface area (Å²) < 4.78 is 28.9. The molecule has 7 rings (SSSR count). The quantitative estimate of drug-likeness (QED) is 0.0830. The Bertz CT molecular complexity index is 2220. The third-order valence-electron chi connectivity index (χ3n) is 10.5. The van der Waals surface area contributed by atoms with Gasteiger partial charge in [0, 0.05) is 67.4 Å². The van der Waals surface area contributed by atoms with Crippen molar-refractivity contribution in [2.75, 3.05) is 51.4 Å². The average Bonchev–Trinajstić information content (AvgIpc) is 3.69. The van der Waals surface area contributed by atoms with Gasteiger partial charge in [0.15, 0.2) is 0 Å². The number of fused-ring (bicyclic) bond motifs is 3. The molecule has 0 amide bonds. The molecular formula is C45H53N5O5. The molecule has 2 aromatic heterocycles. The van der Waals surface area contributed by atoms with Gasteiger partial charge in [0.25, 0.3) is 0 Å². The van der Waals surface area contributed by atoms with E-state index in [2.05, 4.69) is 70.2 Å². The van der Waals surface area contributed by atoms with Crippen LogP contribution in [0.15, 0.2) is 84.9 Å². The zero-order valence-electron chi connectivity index (χ0n) is 32.6. The molecular weight excluding hydrogens is 691 g/mol. The van der Waals surface area contributed by atoms with Crippen LogP contribution in [0.1, 0.15) is 60.5 Å². The third-order valence-corrected chi connectivity index (χ3v) is 10.5. The number of aryl methyl sites for hydroxylation is 3. The summed E-state index contributed by atoms with van der Waals surface area (Å²) in [6.07, 6.45) is 3.11. The van der Waals surface area contributed by atoms with Crippen molar-refractivity contribution in [3.8, 4) is 22.6 Å². The topological polar surface area (TPSA) is 92.0 Å². The van der Waals surface area contributed by atoms with Gasteiger partial charge in [0.1, 0.15) is 29.5 Å². The van der Waals surface area contributed by atoms with Gasteiger partial charge in [0.05, 0.1) is 31.0 Å². The van der Waals surface area contributed by atoms with E-state index < -0.39 is 0 Å². The second-order valence-electron chi connectivity index (χ2n) is 13.9.